The number of rotatable bonds is 7. The van der Waals surface area contributed by atoms with E-state index in [0.29, 0.717) is 5.92 Å². The number of hydrogen-bond donors (Lipinski definition) is 0. The van der Waals surface area contributed by atoms with Gasteiger partial charge in [-0.05, 0) is 57.2 Å². The second-order valence-electron chi connectivity index (χ2n) is 8.48. The van der Waals surface area contributed by atoms with E-state index in [1.807, 2.05) is 6.20 Å². The molecule has 1 fully saturated rings. The third-order valence-corrected chi connectivity index (χ3v) is 6.16. The summed E-state index contributed by atoms with van der Waals surface area (Å²) < 4.78 is 13.7. The second kappa shape index (κ2) is 9.31. The fourth-order valence-corrected chi connectivity index (χ4v) is 4.37. The Morgan fingerprint density at radius 2 is 1.86 bits per heavy atom. The van der Waals surface area contributed by atoms with E-state index in [-0.39, 0.29) is 6.10 Å². The molecule has 1 aliphatic rings. The zero-order valence-electron chi connectivity index (χ0n) is 19.2. The molecule has 0 aliphatic carbocycles. The van der Waals surface area contributed by atoms with Crippen LogP contribution in [0.1, 0.15) is 56.3 Å². The molecule has 3 heterocycles. The van der Waals surface area contributed by atoms with E-state index in [9.17, 15) is 0 Å². The van der Waals surface area contributed by atoms with Crippen molar-refractivity contribution in [2.24, 2.45) is 5.92 Å². The number of nitrogens with zero attached hydrogens (tertiary/aromatic N) is 3. The van der Waals surface area contributed by atoms with Crippen LogP contribution < -0.4 is 4.90 Å². The molecule has 0 N–H and O–H groups in total. The zero-order chi connectivity index (χ0) is 21.1. The molecule has 1 atom stereocenters. The van der Waals surface area contributed by atoms with Crippen molar-refractivity contribution in [3.05, 3.63) is 34.8 Å². The lowest BCUT2D eigenvalue weighted by atomic mass is 9.94. The van der Waals surface area contributed by atoms with Crippen molar-refractivity contribution in [1.82, 2.24) is 9.55 Å². The molecule has 29 heavy (non-hydrogen) atoms. The van der Waals surface area contributed by atoms with Gasteiger partial charge < -0.3 is 18.9 Å². The summed E-state index contributed by atoms with van der Waals surface area (Å²) in [5.74, 6) is 0.596. The fraction of sp³-hybridized carbons (Fsp3) is 0.625. The molecule has 0 amide bonds. The van der Waals surface area contributed by atoms with E-state index < -0.39 is 0 Å². The first-order valence-corrected chi connectivity index (χ1v) is 10.9. The first-order valence-electron chi connectivity index (χ1n) is 10.9. The van der Waals surface area contributed by atoms with Crippen LogP contribution in [0.15, 0.2) is 12.3 Å². The summed E-state index contributed by atoms with van der Waals surface area (Å²) >= 11 is 0. The molecular weight excluding hydrogens is 362 g/mol. The minimum atomic E-state index is -0.0588. The number of morpholine rings is 1. The van der Waals surface area contributed by atoms with Crippen molar-refractivity contribution in [3.63, 3.8) is 0 Å². The molecule has 0 spiro atoms. The predicted molar refractivity (Wildman–Crippen MR) is 120 cm³/mol. The molecule has 0 radical (unpaired) electrons. The largest absolute Gasteiger partial charge is 0.378 e. The molecule has 160 valence electrons. The maximum atomic E-state index is 5.71. The lowest BCUT2D eigenvalue weighted by molar-refractivity contribution is 0.116. The van der Waals surface area contributed by atoms with Crippen molar-refractivity contribution in [3.8, 4) is 11.3 Å². The molecule has 2 aromatic rings. The molecule has 2 aromatic heterocycles. The summed E-state index contributed by atoms with van der Waals surface area (Å²) in [6.07, 6.45) is 3.01. The van der Waals surface area contributed by atoms with Gasteiger partial charge in [-0.15, -0.1) is 0 Å². The van der Waals surface area contributed by atoms with Gasteiger partial charge in [-0.25, -0.2) is 0 Å². The number of hydrogen-bond acceptors (Lipinski definition) is 4. The summed E-state index contributed by atoms with van der Waals surface area (Å²) in [5.41, 5.74) is 8.92. The van der Waals surface area contributed by atoms with Crippen LogP contribution in [-0.2, 0) is 22.4 Å². The van der Waals surface area contributed by atoms with Gasteiger partial charge >= 0.3 is 0 Å². The summed E-state index contributed by atoms with van der Waals surface area (Å²) in [5, 5.41) is 0. The minimum absolute atomic E-state index is 0.0588. The van der Waals surface area contributed by atoms with E-state index in [1.54, 1.807) is 7.11 Å². The second-order valence-corrected chi connectivity index (χ2v) is 8.48. The molecule has 0 aromatic carbocycles. The highest BCUT2D eigenvalue weighted by Gasteiger charge is 2.25. The topological polar surface area (TPSA) is 39.5 Å². The quantitative estimate of drug-likeness (QED) is 0.662. The normalized spacial score (nSPS) is 15.9. The van der Waals surface area contributed by atoms with Crippen molar-refractivity contribution >= 4 is 5.69 Å². The minimum Gasteiger partial charge on any atom is -0.378 e. The van der Waals surface area contributed by atoms with Gasteiger partial charge in [0.2, 0.25) is 0 Å². The Bertz CT molecular complexity index is 835. The van der Waals surface area contributed by atoms with E-state index in [1.165, 1.54) is 33.8 Å². The summed E-state index contributed by atoms with van der Waals surface area (Å²) in [4.78, 5) is 7.29. The number of aromatic nitrogens is 2. The standard InChI is InChI=1S/C24H37N3O2/c1-8-27-18(5)17(4)21(13-16(2)3)24(27)22-14-20(26-9-11-29-12-10-26)15-25-23(22)19(6)28-7/h14-16,19H,8-13H2,1-7H3. The highest BCUT2D eigenvalue weighted by molar-refractivity contribution is 5.73. The van der Waals surface area contributed by atoms with Crippen molar-refractivity contribution in [2.45, 2.75) is 60.6 Å². The van der Waals surface area contributed by atoms with E-state index >= 15 is 0 Å². The van der Waals surface area contributed by atoms with Crippen LogP contribution in [0.25, 0.3) is 11.3 Å². The highest BCUT2D eigenvalue weighted by Crippen LogP contribution is 2.38. The predicted octanol–water partition coefficient (Wildman–Crippen LogP) is 4.93. The Morgan fingerprint density at radius 3 is 2.45 bits per heavy atom. The maximum absolute atomic E-state index is 5.71. The Hall–Kier alpha value is -1.85. The summed E-state index contributed by atoms with van der Waals surface area (Å²) in [6.45, 7) is 17.7. The van der Waals surface area contributed by atoms with Crippen LogP contribution in [0, 0.1) is 19.8 Å². The number of anilines is 1. The van der Waals surface area contributed by atoms with Gasteiger partial charge in [0.1, 0.15) is 0 Å². The van der Waals surface area contributed by atoms with Gasteiger partial charge in [-0.3, -0.25) is 4.98 Å². The van der Waals surface area contributed by atoms with Gasteiger partial charge in [-0.1, -0.05) is 13.8 Å². The molecule has 1 unspecified atom stereocenters. The first-order chi connectivity index (χ1) is 13.9. The Labute approximate surface area is 176 Å². The molecule has 1 aliphatic heterocycles. The van der Waals surface area contributed by atoms with Gasteiger partial charge in [0.05, 0.1) is 42.6 Å². The highest BCUT2D eigenvalue weighted by atomic mass is 16.5. The Kier molecular flexibility index (Phi) is 7.01. The monoisotopic (exact) mass is 399 g/mol. The van der Waals surface area contributed by atoms with E-state index in [2.05, 4.69) is 57.1 Å². The average Bonchev–Trinajstić information content (AvgIpc) is 2.97. The molecule has 0 bridgehead atoms. The Morgan fingerprint density at radius 1 is 1.17 bits per heavy atom. The van der Waals surface area contributed by atoms with Crippen molar-refractivity contribution < 1.29 is 9.47 Å². The fourth-order valence-electron chi connectivity index (χ4n) is 4.37. The summed E-state index contributed by atoms with van der Waals surface area (Å²) in [7, 11) is 1.76. The van der Waals surface area contributed by atoms with Crippen molar-refractivity contribution in [2.75, 3.05) is 38.3 Å². The van der Waals surface area contributed by atoms with Crippen LogP contribution in [-0.4, -0.2) is 43.0 Å². The smallest absolute Gasteiger partial charge is 0.0969 e. The van der Waals surface area contributed by atoms with Crippen molar-refractivity contribution in [1.29, 1.82) is 0 Å². The SMILES string of the molecule is CCn1c(C)c(C)c(CC(C)C)c1-c1cc(N2CCOCC2)cnc1C(C)OC. The van der Waals surface area contributed by atoms with Crippen LogP contribution in [0.2, 0.25) is 0 Å². The van der Waals surface area contributed by atoms with Gasteiger partial charge in [-0.2, -0.15) is 0 Å². The number of methoxy groups -OCH3 is 1. The molecular formula is C24H37N3O2. The van der Waals surface area contributed by atoms with Crippen LogP contribution >= 0.6 is 0 Å². The number of pyridine rings is 1. The average molecular weight is 400 g/mol. The molecule has 3 rings (SSSR count). The third kappa shape index (κ3) is 4.36. The van der Waals surface area contributed by atoms with Crippen LogP contribution in [0.5, 0.6) is 0 Å². The van der Waals surface area contributed by atoms with E-state index in [4.69, 9.17) is 14.5 Å². The van der Waals surface area contributed by atoms with Crippen LogP contribution in [0.4, 0.5) is 5.69 Å². The third-order valence-electron chi connectivity index (χ3n) is 6.16. The summed E-state index contributed by atoms with van der Waals surface area (Å²) in [6, 6.07) is 2.33. The van der Waals surface area contributed by atoms with Gasteiger partial charge in [0.15, 0.2) is 0 Å². The zero-order valence-corrected chi connectivity index (χ0v) is 19.2. The lowest BCUT2D eigenvalue weighted by Gasteiger charge is -2.29. The molecule has 5 heteroatoms. The van der Waals surface area contributed by atoms with Gasteiger partial charge in [0, 0.05) is 38.0 Å². The van der Waals surface area contributed by atoms with E-state index in [0.717, 1.165) is 45.0 Å². The number of ether oxygens (including phenoxy) is 2. The van der Waals surface area contributed by atoms with Gasteiger partial charge in [0.25, 0.3) is 0 Å². The molecule has 1 saturated heterocycles. The molecule has 5 nitrogen and oxygen atoms in total. The first kappa shape index (κ1) is 21.8. The Balaban J connectivity index is 2.23. The maximum Gasteiger partial charge on any atom is 0.0969 e. The lowest BCUT2D eigenvalue weighted by Crippen LogP contribution is -2.36. The molecule has 0 saturated carbocycles. The van der Waals surface area contributed by atoms with Crippen LogP contribution in [0.3, 0.4) is 0 Å².